The van der Waals surface area contributed by atoms with Gasteiger partial charge in [-0.25, -0.2) is 9.78 Å². The van der Waals surface area contributed by atoms with E-state index in [-0.39, 0.29) is 0 Å². The summed E-state index contributed by atoms with van der Waals surface area (Å²) in [6.45, 7) is -0.470. The van der Waals surface area contributed by atoms with Crippen LogP contribution >= 0.6 is 23.2 Å². The van der Waals surface area contributed by atoms with Crippen LogP contribution in [0.15, 0.2) is 65.3 Å². The molecule has 6 nitrogen and oxygen atoms in total. The Morgan fingerprint density at radius 2 is 1.94 bits per heavy atom. The van der Waals surface area contributed by atoms with Gasteiger partial charge in [0, 0.05) is 10.4 Å². The molecule has 0 atom stereocenters. The summed E-state index contributed by atoms with van der Waals surface area (Å²) in [6, 6.07) is 15.8. The number of rotatable bonds is 5. The minimum Gasteiger partial charge on any atom is -0.465 e. The molecule has 0 bridgehead atoms. The molecule has 0 spiro atoms. The SMILES string of the molecule is O=C(COC(=O)c1c2c(nc3ccccc13)C(=Cc1ccco1)CC2)Nc1cc(Cl)ccc1Cl. The second-order valence-corrected chi connectivity index (χ2v) is 8.61. The number of amides is 1. The van der Waals surface area contributed by atoms with Crippen LogP contribution in [0.25, 0.3) is 22.6 Å². The van der Waals surface area contributed by atoms with Crippen LogP contribution < -0.4 is 5.32 Å². The Morgan fingerprint density at radius 1 is 1.09 bits per heavy atom. The second kappa shape index (κ2) is 9.33. The van der Waals surface area contributed by atoms with E-state index in [1.165, 1.54) is 6.07 Å². The summed E-state index contributed by atoms with van der Waals surface area (Å²) >= 11 is 12.1. The van der Waals surface area contributed by atoms with Gasteiger partial charge in [0.05, 0.1) is 33.7 Å². The first-order valence-corrected chi connectivity index (χ1v) is 11.3. The van der Waals surface area contributed by atoms with E-state index < -0.39 is 18.5 Å². The van der Waals surface area contributed by atoms with E-state index in [2.05, 4.69) is 5.32 Å². The molecule has 0 unspecified atom stereocenters. The highest BCUT2D eigenvalue weighted by Gasteiger charge is 2.28. The van der Waals surface area contributed by atoms with E-state index in [0.29, 0.717) is 45.0 Å². The summed E-state index contributed by atoms with van der Waals surface area (Å²) < 4.78 is 10.9. The highest BCUT2D eigenvalue weighted by molar-refractivity contribution is 6.35. The van der Waals surface area contributed by atoms with Gasteiger partial charge < -0.3 is 14.5 Å². The lowest BCUT2D eigenvalue weighted by molar-refractivity contribution is -0.119. The van der Waals surface area contributed by atoms with Gasteiger partial charge in [-0.1, -0.05) is 41.4 Å². The number of ether oxygens (including phenoxy) is 1. The molecule has 8 heteroatoms. The minimum absolute atomic E-state index is 0.331. The summed E-state index contributed by atoms with van der Waals surface area (Å²) in [5.41, 5.74) is 3.99. The number of esters is 1. The minimum atomic E-state index is -0.582. The van der Waals surface area contributed by atoms with Crippen LogP contribution in [-0.2, 0) is 16.0 Å². The van der Waals surface area contributed by atoms with Gasteiger partial charge in [0.15, 0.2) is 6.61 Å². The Kier molecular flexibility index (Phi) is 6.09. The third kappa shape index (κ3) is 4.42. The van der Waals surface area contributed by atoms with Gasteiger partial charge in [-0.15, -0.1) is 0 Å². The number of nitrogens with one attached hydrogen (secondary N) is 1. The molecule has 0 fully saturated rings. The standard InChI is InChI=1S/C26H18Cl2N2O4/c27-16-8-10-20(28)22(13-16)29-23(31)14-34-26(32)24-18-5-1-2-6-21(18)30-25-15(7-9-19(24)25)12-17-4-3-11-33-17/h1-6,8,10-13H,7,9,14H2,(H,29,31). The number of hydrogen-bond acceptors (Lipinski definition) is 5. The molecule has 0 saturated carbocycles. The summed E-state index contributed by atoms with van der Waals surface area (Å²) in [4.78, 5) is 30.4. The smallest absolute Gasteiger partial charge is 0.339 e. The predicted octanol–water partition coefficient (Wildman–Crippen LogP) is 6.42. The van der Waals surface area contributed by atoms with Gasteiger partial charge >= 0.3 is 5.97 Å². The van der Waals surface area contributed by atoms with Crippen molar-refractivity contribution in [1.82, 2.24) is 4.98 Å². The van der Waals surface area contributed by atoms with E-state index in [1.54, 1.807) is 18.4 Å². The van der Waals surface area contributed by atoms with Crippen LogP contribution in [0.1, 0.15) is 33.8 Å². The lowest BCUT2D eigenvalue weighted by Crippen LogP contribution is -2.22. The number of carbonyl (C=O) groups is 2. The number of pyridine rings is 1. The lowest BCUT2D eigenvalue weighted by atomic mass is 10.0. The van der Waals surface area contributed by atoms with Crippen LogP contribution in [0.5, 0.6) is 0 Å². The fourth-order valence-corrected chi connectivity index (χ4v) is 4.38. The molecule has 34 heavy (non-hydrogen) atoms. The van der Waals surface area contributed by atoms with Gasteiger partial charge in [-0.2, -0.15) is 0 Å². The number of halogens is 2. The van der Waals surface area contributed by atoms with Crippen molar-refractivity contribution in [2.75, 3.05) is 11.9 Å². The van der Waals surface area contributed by atoms with Crippen LogP contribution in [-0.4, -0.2) is 23.5 Å². The molecular weight excluding hydrogens is 475 g/mol. The maximum Gasteiger partial charge on any atom is 0.339 e. The molecule has 0 radical (unpaired) electrons. The van der Waals surface area contributed by atoms with Crippen LogP contribution in [0.2, 0.25) is 10.0 Å². The average Bonchev–Trinajstić information content (AvgIpc) is 3.49. The zero-order valence-corrected chi connectivity index (χ0v) is 19.3. The van der Waals surface area contributed by atoms with E-state index in [4.69, 9.17) is 37.3 Å². The fraction of sp³-hybridized carbons (Fsp3) is 0.115. The summed E-state index contributed by atoms with van der Waals surface area (Å²) in [6.07, 6.45) is 4.90. The summed E-state index contributed by atoms with van der Waals surface area (Å²) in [5.74, 6) is -0.384. The lowest BCUT2D eigenvalue weighted by Gasteiger charge is -2.13. The van der Waals surface area contributed by atoms with Gasteiger partial charge in [0.1, 0.15) is 5.76 Å². The van der Waals surface area contributed by atoms with E-state index in [1.807, 2.05) is 42.5 Å². The Balaban J connectivity index is 1.42. The molecule has 0 saturated heterocycles. The van der Waals surface area contributed by atoms with Crippen molar-refractivity contribution < 1.29 is 18.7 Å². The number of aromatic nitrogens is 1. The van der Waals surface area contributed by atoms with Crippen molar-refractivity contribution in [2.45, 2.75) is 12.8 Å². The number of anilines is 1. The third-order valence-corrected chi connectivity index (χ3v) is 6.11. The van der Waals surface area contributed by atoms with Crippen LogP contribution in [0.4, 0.5) is 5.69 Å². The number of furan rings is 1. The van der Waals surface area contributed by atoms with Crippen molar-refractivity contribution in [3.05, 3.63) is 93.5 Å². The molecule has 1 N–H and O–H groups in total. The zero-order valence-electron chi connectivity index (χ0n) is 17.8. The number of fused-ring (bicyclic) bond motifs is 2. The number of carbonyl (C=O) groups excluding carboxylic acids is 2. The molecular formula is C26H18Cl2N2O4. The highest BCUT2D eigenvalue weighted by atomic mass is 35.5. The monoisotopic (exact) mass is 492 g/mol. The van der Waals surface area contributed by atoms with E-state index in [0.717, 1.165) is 22.6 Å². The van der Waals surface area contributed by atoms with Gasteiger partial charge in [0.2, 0.25) is 0 Å². The van der Waals surface area contributed by atoms with Gasteiger partial charge in [-0.05, 0) is 66.5 Å². The van der Waals surface area contributed by atoms with Crippen molar-refractivity contribution >= 4 is 63.3 Å². The molecule has 170 valence electrons. The van der Waals surface area contributed by atoms with Gasteiger partial charge in [0.25, 0.3) is 5.91 Å². The quantitative estimate of drug-likeness (QED) is 0.325. The Labute approximate surface area is 205 Å². The first-order valence-electron chi connectivity index (χ1n) is 10.6. The van der Waals surface area contributed by atoms with Crippen molar-refractivity contribution in [1.29, 1.82) is 0 Å². The molecule has 2 aromatic carbocycles. The Hall–Kier alpha value is -3.61. The fourth-order valence-electron chi connectivity index (χ4n) is 4.04. The van der Waals surface area contributed by atoms with Crippen molar-refractivity contribution in [3.8, 4) is 0 Å². The average molecular weight is 493 g/mol. The molecule has 2 aromatic heterocycles. The molecule has 2 heterocycles. The molecule has 5 rings (SSSR count). The number of para-hydroxylation sites is 1. The zero-order chi connectivity index (χ0) is 23.7. The first-order chi connectivity index (χ1) is 16.5. The first kappa shape index (κ1) is 22.2. The van der Waals surface area contributed by atoms with Gasteiger partial charge in [-0.3, -0.25) is 4.79 Å². The molecule has 4 aromatic rings. The predicted molar refractivity (Wildman–Crippen MR) is 132 cm³/mol. The molecule has 1 aliphatic carbocycles. The highest BCUT2D eigenvalue weighted by Crippen LogP contribution is 2.37. The molecule has 1 amide bonds. The van der Waals surface area contributed by atoms with E-state index in [9.17, 15) is 9.59 Å². The number of benzene rings is 2. The Bertz CT molecular complexity index is 1440. The largest absolute Gasteiger partial charge is 0.465 e. The third-order valence-electron chi connectivity index (χ3n) is 5.54. The summed E-state index contributed by atoms with van der Waals surface area (Å²) in [7, 11) is 0. The maximum absolute atomic E-state index is 13.2. The number of nitrogens with zero attached hydrogens (tertiary/aromatic N) is 1. The molecule has 0 aliphatic heterocycles. The number of hydrogen-bond donors (Lipinski definition) is 1. The van der Waals surface area contributed by atoms with E-state index >= 15 is 0 Å². The van der Waals surface area contributed by atoms with Crippen LogP contribution in [0, 0.1) is 0 Å². The molecule has 1 aliphatic rings. The second-order valence-electron chi connectivity index (χ2n) is 7.76. The maximum atomic E-state index is 13.2. The summed E-state index contributed by atoms with van der Waals surface area (Å²) in [5, 5.41) is 4.06. The van der Waals surface area contributed by atoms with Crippen LogP contribution in [0.3, 0.4) is 0 Å². The van der Waals surface area contributed by atoms with Crippen molar-refractivity contribution in [2.24, 2.45) is 0 Å². The number of allylic oxidation sites excluding steroid dienone is 1. The normalized spacial score (nSPS) is 13.8. The van der Waals surface area contributed by atoms with Crippen molar-refractivity contribution in [3.63, 3.8) is 0 Å². The topological polar surface area (TPSA) is 81.4 Å². The Morgan fingerprint density at radius 3 is 2.76 bits per heavy atom.